The van der Waals surface area contributed by atoms with Gasteiger partial charge in [-0.3, -0.25) is 0 Å². The van der Waals surface area contributed by atoms with Gasteiger partial charge in [-0.2, -0.15) is 5.26 Å². The number of nitrogens with zero attached hydrogens (tertiary/aromatic N) is 1. The Hall–Kier alpha value is -0.620. The van der Waals surface area contributed by atoms with E-state index in [-0.39, 0.29) is 5.37 Å². The minimum Gasteiger partial charge on any atom is -0.359 e. The van der Waals surface area contributed by atoms with Gasteiger partial charge >= 0.3 is 0 Å². The molecule has 0 aromatic heterocycles. The molecule has 1 radical (unpaired) electrons. The Labute approximate surface area is 46.2 Å². The lowest BCUT2D eigenvalue weighted by Gasteiger charge is -1.92. The maximum absolute atomic E-state index is 8.17. The third kappa shape index (κ3) is 0.875. The van der Waals surface area contributed by atoms with E-state index < -0.39 is 0 Å². The Morgan fingerprint density at radius 1 is 2.00 bits per heavy atom. The molecule has 0 fully saturated rings. The highest BCUT2D eigenvalue weighted by Gasteiger charge is 2.05. The third-order valence-electron chi connectivity index (χ3n) is 0.595. The molecule has 1 aliphatic rings. The van der Waals surface area contributed by atoms with Crippen LogP contribution in [0.15, 0.2) is 5.41 Å². The normalized spacial score (nSPS) is 26.4. The van der Waals surface area contributed by atoms with Gasteiger partial charge in [0.2, 0.25) is 0 Å². The monoisotopic (exact) mass is 111 g/mol. The van der Waals surface area contributed by atoms with Gasteiger partial charge < -0.3 is 5.32 Å². The van der Waals surface area contributed by atoms with Gasteiger partial charge in [-0.25, -0.2) is 0 Å². The molecule has 1 aliphatic heterocycles. The van der Waals surface area contributed by atoms with Crippen molar-refractivity contribution in [3.8, 4) is 6.07 Å². The molecule has 1 unspecified atom stereocenters. The zero-order chi connectivity index (χ0) is 5.11. The van der Waals surface area contributed by atoms with Crippen molar-refractivity contribution in [2.24, 2.45) is 0 Å². The summed E-state index contributed by atoms with van der Waals surface area (Å²) >= 11 is 1.43. The van der Waals surface area contributed by atoms with Gasteiger partial charge in [-0.05, 0) is 5.41 Å². The Morgan fingerprint density at radius 2 is 2.86 bits per heavy atom. The Kier molecular flexibility index (Phi) is 1.23. The summed E-state index contributed by atoms with van der Waals surface area (Å²) in [4.78, 5) is 0. The summed E-state index contributed by atoms with van der Waals surface area (Å²) in [6, 6.07) is 2.02. The van der Waals surface area contributed by atoms with Crippen molar-refractivity contribution in [2.75, 3.05) is 0 Å². The highest BCUT2D eigenvalue weighted by Crippen LogP contribution is 2.12. The maximum Gasteiger partial charge on any atom is 0.165 e. The average Bonchev–Trinajstić information content (AvgIpc) is 2.14. The third-order valence-corrected chi connectivity index (χ3v) is 1.34. The van der Waals surface area contributed by atoms with Crippen molar-refractivity contribution in [3.63, 3.8) is 0 Å². The quantitative estimate of drug-likeness (QED) is 0.493. The maximum atomic E-state index is 8.17. The standard InChI is InChI=1S/C4H3N2S/c5-3-4-6-1-2-7-4/h2,4,6H. The average molecular weight is 111 g/mol. The van der Waals surface area contributed by atoms with Crippen molar-refractivity contribution < 1.29 is 0 Å². The lowest BCUT2D eigenvalue weighted by atomic mass is 10.7. The predicted octanol–water partition coefficient (Wildman–Crippen LogP) is 0.447. The topological polar surface area (TPSA) is 35.8 Å². The van der Waals surface area contributed by atoms with Crippen LogP contribution in [-0.4, -0.2) is 5.37 Å². The molecule has 0 amide bonds. The molecular weight excluding hydrogens is 108 g/mol. The molecule has 35 valence electrons. The molecule has 0 spiro atoms. The van der Waals surface area contributed by atoms with Crippen LogP contribution in [0.25, 0.3) is 0 Å². The van der Waals surface area contributed by atoms with Crippen LogP contribution in [0.2, 0.25) is 0 Å². The summed E-state index contributed by atoms with van der Waals surface area (Å²) in [6.07, 6.45) is 2.69. The molecular formula is C4H3N2S. The summed E-state index contributed by atoms with van der Waals surface area (Å²) in [6.45, 7) is 0. The zero-order valence-corrected chi connectivity index (χ0v) is 4.33. The molecule has 1 rings (SSSR count). The van der Waals surface area contributed by atoms with Crippen LogP contribution < -0.4 is 5.32 Å². The van der Waals surface area contributed by atoms with E-state index >= 15 is 0 Å². The Morgan fingerprint density at radius 3 is 3.14 bits per heavy atom. The highest BCUT2D eigenvalue weighted by atomic mass is 32.2. The number of hydrogen-bond acceptors (Lipinski definition) is 3. The summed E-state index contributed by atoms with van der Waals surface area (Å²) in [5, 5.41) is 12.5. The van der Waals surface area contributed by atoms with Gasteiger partial charge in [0, 0.05) is 0 Å². The molecule has 1 heterocycles. The van der Waals surface area contributed by atoms with E-state index in [1.165, 1.54) is 11.8 Å². The summed E-state index contributed by atoms with van der Waals surface area (Å²) in [7, 11) is 0. The molecule has 1 atom stereocenters. The molecule has 0 saturated carbocycles. The number of thioether (sulfide) groups is 1. The second kappa shape index (κ2) is 1.90. The fraction of sp³-hybridized carbons (Fsp3) is 0.250. The molecule has 7 heavy (non-hydrogen) atoms. The molecule has 0 aromatic carbocycles. The molecule has 0 bridgehead atoms. The van der Waals surface area contributed by atoms with Crippen LogP contribution in [0.5, 0.6) is 0 Å². The van der Waals surface area contributed by atoms with Crippen LogP contribution in [0, 0.1) is 17.5 Å². The predicted molar refractivity (Wildman–Crippen MR) is 27.9 cm³/mol. The molecule has 0 saturated heterocycles. The van der Waals surface area contributed by atoms with Crippen molar-refractivity contribution in [1.82, 2.24) is 5.32 Å². The van der Waals surface area contributed by atoms with E-state index in [9.17, 15) is 0 Å². The van der Waals surface area contributed by atoms with Crippen molar-refractivity contribution in [1.29, 1.82) is 5.26 Å². The first-order chi connectivity index (χ1) is 3.43. The fourth-order valence-electron chi connectivity index (χ4n) is 0.308. The van der Waals surface area contributed by atoms with Gasteiger partial charge in [-0.15, -0.1) is 0 Å². The van der Waals surface area contributed by atoms with Crippen molar-refractivity contribution >= 4 is 11.8 Å². The second-order valence-corrected chi connectivity index (χ2v) is 2.03. The summed E-state index contributed by atoms with van der Waals surface area (Å²) in [5.74, 6) is 0. The second-order valence-electron chi connectivity index (χ2n) is 1.05. The van der Waals surface area contributed by atoms with E-state index in [2.05, 4.69) is 11.5 Å². The van der Waals surface area contributed by atoms with E-state index in [0.29, 0.717) is 0 Å². The first-order valence-electron chi connectivity index (χ1n) is 1.81. The van der Waals surface area contributed by atoms with Gasteiger partial charge in [0.25, 0.3) is 0 Å². The van der Waals surface area contributed by atoms with Gasteiger partial charge in [0.05, 0.1) is 12.3 Å². The number of rotatable bonds is 0. The van der Waals surface area contributed by atoms with Gasteiger partial charge in [0.1, 0.15) is 0 Å². The van der Waals surface area contributed by atoms with Crippen molar-refractivity contribution in [2.45, 2.75) is 5.37 Å². The van der Waals surface area contributed by atoms with E-state index in [1.54, 1.807) is 5.41 Å². The van der Waals surface area contributed by atoms with Crippen LogP contribution >= 0.6 is 11.8 Å². The molecule has 0 aromatic rings. The molecule has 2 nitrogen and oxygen atoms in total. The SMILES string of the molecule is N#CC1N[C]=CS1. The largest absolute Gasteiger partial charge is 0.359 e. The number of nitriles is 1. The lowest BCUT2D eigenvalue weighted by Crippen LogP contribution is -2.12. The van der Waals surface area contributed by atoms with Gasteiger partial charge in [0.15, 0.2) is 5.37 Å². The van der Waals surface area contributed by atoms with Crippen LogP contribution in [0.1, 0.15) is 0 Å². The summed E-state index contributed by atoms with van der Waals surface area (Å²) < 4.78 is 0. The van der Waals surface area contributed by atoms with Crippen LogP contribution in [0.3, 0.4) is 0 Å². The van der Waals surface area contributed by atoms with E-state index in [1.807, 2.05) is 6.07 Å². The van der Waals surface area contributed by atoms with Gasteiger partial charge in [-0.1, -0.05) is 11.8 Å². The Balaban J connectivity index is 2.39. The van der Waals surface area contributed by atoms with E-state index in [4.69, 9.17) is 5.26 Å². The minimum atomic E-state index is -0.0972. The smallest absolute Gasteiger partial charge is 0.165 e. The molecule has 0 aliphatic carbocycles. The lowest BCUT2D eigenvalue weighted by molar-refractivity contribution is 0.930. The van der Waals surface area contributed by atoms with Crippen LogP contribution in [-0.2, 0) is 0 Å². The minimum absolute atomic E-state index is 0.0972. The number of nitrogens with one attached hydrogen (secondary N) is 1. The first kappa shape index (κ1) is 4.54. The highest BCUT2D eigenvalue weighted by molar-refractivity contribution is 8.03. The Bertz CT molecular complexity index is 116. The fourth-order valence-corrected chi connectivity index (χ4v) is 0.778. The first-order valence-corrected chi connectivity index (χ1v) is 2.75. The zero-order valence-electron chi connectivity index (χ0n) is 3.51. The molecule has 1 N–H and O–H groups in total. The van der Waals surface area contributed by atoms with E-state index in [0.717, 1.165) is 0 Å². The molecule has 3 heteroatoms. The summed E-state index contributed by atoms with van der Waals surface area (Å²) in [5.41, 5.74) is 0. The van der Waals surface area contributed by atoms with Crippen LogP contribution in [0.4, 0.5) is 0 Å². The number of hydrogen-bond donors (Lipinski definition) is 1. The van der Waals surface area contributed by atoms with Crippen molar-refractivity contribution in [3.05, 3.63) is 11.6 Å².